The molecular formula is C13H17F2NO2S. The Kier molecular flexibility index (Phi) is 5.17. The molecule has 0 fully saturated rings. The highest BCUT2D eigenvalue weighted by molar-refractivity contribution is 7.06. The van der Waals surface area contributed by atoms with Gasteiger partial charge in [0.15, 0.2) is 0 Å². The van der Waals surface area contributed by atoms with E-state index in [9.17, 15) is 13.6 Å². The summed E-state index contributed by atoms with van der Waals surface area (Å²) in [5.41, 5.74) is -0.458. The van der Waals surface area contributed by atoms with Crippen LogP contribution in [-0.2, 0) is 11.2 Å². The van der Waals surface area contributed by atoms with Crippen molar-refractivity contribution in [2.24, 2.45) is 0 Å². The van der Waals surface area contributed by atoms with Gasteiger partial charge in [0.25, 0.3) is 6.43 Å². The molecule has 0 amide bonds. The molecule has 0 saturated carbocycles. The zero-order valence-electron chi connectivity index (χ0n) is 11.2. The first-order chi connectivity index (χ1) is 8.76. The van der Waals surface area contributed by atoms with Gasteiger partial charge in [-0.1, -0.05) is 6.08 Å². The SMILES string of the molecule is C=CCCc1nsc(C(F)F)c1C(=O)OC(C)(C)C. The summed E-state index contributed by atoms with van der Waals surface area (Å²) in [6, 6.07) is 0. The number of hydrogen-bond acceptors (Lipinski definition) is 4. The minimum absolute atomic E-state index is 0.0863. The summed E-state index contributed by atoms with van der Waals surface area (Å²) in [5.74, 6) is -0.740. The van der Waals surface area contributed by atoms with Gasteiger partial charge in [-0.2, -0.15) is 4.37 Å². The molecule has 0 aromatic carbocycles. The lowest BCUT2D eigenvalue weighted by Crippen LogP contribution is -2.25. The summed E-state index contributed by atoms with van der Waals surface area (Å²) in [6.07, 6.45) is -0.0958. The van der Waals surface area contributed by atoms with Gasteiger partial charge in [0.1, 0.15) is 16.0 Å². The molecule has 1 heterocycles. The highest BCUT2D eigenvalue weighted by atomic mass is 32.1. The monoisotopic (exact) mass is 289 g/mol. The third kappa shape index (κ3) is 4.38. The van der Waals surface area contributed by atoms with Crippen LogP contribution >= 0.6 is 11.5 Å². The molecule has 3 nitrogen and oxygen atoms in total. The number of ether oxygens (including phenoxy) is 1. The highest BCUT2D eigenvalue weighted by Gasteiger charge is 2.29. The second-order valence-electron chi connectivity index (χ2n) is 5.00. The largest absolute Gasteiger partial charge is 0.456 e. The van der Waals surface area contributed by atoms with Crippen LogP contribution in [0, 0.1) is 0 Å². The molecular weight excluding hydrogens is 272 g/mol. The second kappa shape index (κ2) is 6.23. The van der Waals surface area contributed by atoms with E-state index in [1.165, 1.54) is 0 Å². The van der Waals surface area contributed by atoms with Crippen molar-refractivity contribution in [1.29, 1.82) is 0 Å². The van der Waals surface area contributed by atoms with Crippen molar-refractivity contribution in [3.8, 4) is 0 Å². The Hall–Kier alpha value is -1.30. The molecule has 0 bridgehead atoms. The zero-order chi connectivity index (χ0) is 14.6. The lowest BCUT2D eigenvalue weighted by molar-refractivity contribution is 0.00619. The number of halogens is 2. The topological polar surface area (TPSA) is 39.2 Å². The van der Waals surface area contributed by atoms with Gasteiger partial charge in [0.05, 0.1) is 5.69 Å². The predicted octanol–water partition coefficient (Wildman–Crippen LogP) is 4.15. The van der Waals surface area contributed by atoms with Gasteiger partial charge in [-0.3, -0.25) is 0 Å². The molecule has 1 aromatic rings. The Morgan fingerprint density at radius 3 is 2.63 bits per heavy atom. The Bertz CT molecular complexity index is 464. The molecule has 1 rings (SSSR count). The Morgan fingerprint density at radius 2 is 2.16 bits per heavy atom. The van der Waals surface area contributed by atoms with E-state index in [1.54, 1.807) is 26.8 Å². The molecule has 0 spiro atoms. The molecule has 0 aliphatic rings. The predicted molar refractivity (Wildman–Crippen MR) is 70.8 cm³/mol. The van der Waals surface area contributed by atoms with E-state index in [-0.39, 0.29) is 10.4 Å². The number of rotatable bonds is 5. The number of aryl methyl sites for hydroxylation is 1. The number of allylic oxidation sites excluding steroid dienone is 1. The standard InChI is InChI=1S/C13H17F2NO2S/c1-5-6-7-8-9(10(11(14)15)19-16-8)12(17)18-13(2,3)4/h5,11H,1,6-7H2,2-4H3. The average Bonchev–Trinajstić information content (AvgIpc) is 2.67. The van der Waals surface area contributed by atoms with Gasteiger partial charge in [-0.15, -0.1) is 6.58 Å². The molecule has 0 aliphatic carbocycles. The third-order valence-corrected chi connectivity index (χ3v) is 3.07. The maximum absolute atomic E-state index is 12.9. The lowest BCUT2D eigenvalue weighted by atomic mass is 10.1. The van der Waals surface area contributed by atoms with Crippen LogP contribution in [0.4, 0.5) is 8.78 Å². The van der Waals surface area contributed by atoms with Gasteiger partial charge >= 0.3 is 5.97 Å². The normalized spacial score (nSPS) is 11.7. The van der Waals surface area contributed by atoms with Crippen LogP contribution in [0.5, 0.6) is 0 Å². The fraction of sp³-hybridized carbons (Fsp3) is 0.538. The molecule has 6 heteroatoms. The molecule has 19 heavy (non-hydrogen) atoms. The van der Waals surface area contributed by atoms with E-state index in [4.69, 9.17) is 4.74 Å². The molecule has 0 aliphatic heterocycles. The maximum atomic E-state index is 12.9. The minimum atomic E-state index is -2.72. The van der Waals surface area contributed by atoms with Crippen molar-refractivity contribution < 1.29 is 18.3 Å². The zero-order valence-corrected chi connectivity index (χ0v) is 12.0. The molecule has 0 saturated heterocycles. The minimum Gasteiger partial charge on any atom is -0.456 e. The van der Waals surface area contributed by atoms with Crippen molar-refractivity contribution in [2.75, 3.05) is 0 Å². The van der Waals surface area contributed by atoms with Crippen LogP contribution in [0.15, 0.2) is 12.7 Å². The molecule has 0 radical (unpaired) electrons. The quantitative estimate of drug-likeness (QED) is 0.603. The van der Waals surface area contributed by atoms with Gasteiger partial charge in [0.2, 0.25) is 0 Å². The molecule has 0 N–H and O–H groups in total. The lowest BCUT2D eigenvalue weighted by Gasteiger charge is -2.19. The van der Waals surface area contributed by atoms with Crippen molar-refractivity contribution in [3.05, 3.63) is 28.8 Å². The van der Waals surface area contributed by atoms with E-state index in [0.717, 1.165) is 0 Å². The van der Waals surface area contributed by atoms with E-state index in [1.807, 2.05) is 0 Å². The summed E-state index contributed by atoms with van der Waals surface area (Å²) in [5, 5.41) is 0. The van der Waals surface area contributed by atoms with E-state index in [0.29, 0.717) is 30.1 Å². The fourth-order valence-electron chi connectivity index (χ4n) is 1.44. The first-order valence-corrected chi connectivity index (χ1v) is 6.64. The smallest absolute Gasteiger partial charge is 0.341 e. The first kappa shape index (κ1) is 15.8. The number of carbonyl (C=O) groups excluding carboxylic acids is 1. The van der Waals surface area contributed by atoms with Crippen LogP contribution in [0.3, 0.4) is 0 Å². The number of nitrogens with zero attached hydrogens (tertiary/aromatic N) is 1. The van der Waals surface area contributed by atoms with E-state index in [2.05, 4.69) is 11.0 Å². The van der Waals surface area contributed by atoms with Crippen LogP contribution in [0.2, 0.25) is 0 Å². The molecule has 1 aromatic heterocycles. The number of alkyl halides is 2. The van der Waals surface area contributed by atoms with Crippen LogP contribution in [0.25, 0.3) is 0 Å². The van der Waals surface area contributed by atoms with Crippen LogP contribution in [0.1, 0.15) is 54.5 Å². The van der Waals surface area contributed by atoms with Gasteiger partial charge < -0.3 is 4.74 Å². The average molecular weight is 289 g/mol. The summed E-state index contributed by atoms with van der Waals surface area (Å²) in [4.78, 5) is 11.7. The summed E-state index contributed by atoms with van der Waals surface area (Å²) < 4.78 is 34.9. The fourth-order valence-corrected chi connectivity index (χ4v) is 2.21. The van der Waals surface area contributed by atoms with Gasteiger partial charge in [-0.05, 0) is 45.1 Å². The Balaban J connectivity index is 3.09. The Labute approximate surface area is 115 Å². The van der Waals surface area contributed by atoms with E-state index < -0.39 is 18.0 Å². The number of esters is 1. The Morgan fingerprint density at radius 1 is 1.53 bits per heavy atom. The summed E-state index contributed by atoms with van der Waals surface area (Å²) in [6.45, 7) is 8.63. The van der Waals surface area contributed by atoms with Crippen molar-refractivity contribution in [2.45, 2.75) is 45.6 Å². The third-order valence-electron chi connectivity index (χ3n) is 2.18. The van der Waals surface area contributed by atoms with E-state index >= 15 is 0 Å². The number of hydrogen-bond donors (Lipinski definition) is 0. The van der Waals surface area contributed by atoms with Gasteiger partial charge in [0, 0.05) is 0 Å². The van der Waals surface area contributed by atoms with Gasteiger partial charge in [-0.25, -0.2) is 13.6 Å². The van der Waals surface area contributed by atoms with Crippen LogP contribution < -0.4 is 0 Å². The molecule has 0 unspecified atom stereocenters. The maximum Gasteiger partial charge on any atom is 0.341 e. The van der Waals surface area contributed by atoms with Crippen molar-refractivity contribution >= 4 is 17.5 Å². The number of aromatic nitrogens is 1. The molecule has 0 atom stereocenters. The first-order valence-electron chi connectivity index (χ1n) is 5.87. The second-order valence-corrected chi connectivity index (χ2v) is 5.80. The highest BCUT2D eigenvalue weighted by Crippen LogP contribution is 2.31. The molecule has 106 valence electrons. The van der Waals surface area contributed by atoms with Crippen molar-refractivity contribution in [1.82, 2.24) is 4.37 Å². The van der Waals surface area contributed by atoms with Crippen LogP contribution in [-0.4, -0.2) is 15.9 Å². The number of carbonyl (C=O) groups is 1. The summed E-state index contributed by atoms with van der Waals surface area (Å²) >= 11 is 0.654. The summed E-state index contributed by atoms with van der Waals surface area (Å²) in [7, 11) is 0. The van der Waals surface area contributed by atoms with Crippen molar-refractivity contribution in [3.63, 3.8) is 0 Å².